The average Bonchev–Trinajstić information content (AvgIpc) is 2.77. The molecule has 1 aromatic heterocycles. The number of thioether (sulfide) groups is 1. The van der Waals surface area contributed by atoms with E-state index in [1.807, 2.05) is 11.8 Å². The van der Waals surface area contributed by atoms with Gasteiger partial charge in [-0.05, 0) is 36.8 Å². The summed E-state index contributed by atoms with van der Waals surface area (Å²) in [6.45, 7) is 0. The van der Waals surface area contributed by atoms with E-state index in [0.717, 1.165) is 35.5 Å². The zero-order valence-electron chi connectivity index (χ0n) is 10.6. The Morgan fingerprint density at radius 2 is 2.37 bits per heavy atom. The second-order valence-corrected chi connectivity index (χ2v) is 6.37. The van der Waals surface area contributed by atoms with E-state index in [1.165, 1.54) is 18.2 Å². The summed E-state index contributed by atoms with van der Waals surface area (Å²) in [6.07, 6.45) is 3.09. The number of hydrogen-bond acceptors (Lipinski definition) is 2. The fourth-order valence-corrected chi connectivity index (χ4v) is 4.01. The van der Waals surface area contributed by atoms with Gasteiger partial charge in [0.05, 0.1) is 11.0 Å². The molecule has 2 nitrogen and oxygen atoms in total. The summed E-state index contributed by atoms with van der Waals surface area (Å²) >= 11 is 7.84. The van der Waals surface area contributed by atoms with E-state index in [1.54, 1.807) is 12.1 Å². The van der Waals surface area contributed by atoms with E-state index in [9.17, 15) is 4.39 Å². The van der Waals surface area contributed by atoms with Crippen LogP contribution in [0.15, 0.2) is 18.2 Å². The van der Waals surface area contributed by atoms with Crippen LogP contribution in [0, 0.1) is 5.82 Å². The van der Waals surface area contributed by atoms with E-state index in [4.69, 9.17) is 11.6 Å². The first kappa shape index (κ1) is 13.3. The summed E-state index contributed by atoms with van der Waals surface area (Å²) < 4.78 is 15.7. The molecule has 1 aliphatic rings. The fraction of sp³-hybridized carbons (Fsp3) is 0.500. The van der Waals surface area contributed by atoms with Crippen LogP contribution in [0.5, 0.6) is 0 Å². The Hall–Kier alpha value is -0.740. The number of halogens is 2. The smallest absolute Gasteiger partial charge is 0.125 e. The minimum atomic E-state index is -0.200. The van der Waals surface area contributed by atoms with Crippen LogP contribution < -0.4 is 0 Å². The number of aromatic nitrogens is 2. The van der Waals surface area contributed by atoms with E-state index < -0.39 is 0 Å². The highest BCUT2D eigenvalue weighted by molar-refractivity contribution is 7.99. The predicted octanol–water partition coefficient (Wildman–Crippen LogP) is 4.02. The normalized spacial score (nSPS) is 20.0. The van der Waals surface area contributed by atoms with Crippen molar-refractivity contribution < 1.29 is 4.39 Å². The van der Waals surface area contributed by atoms with Crippen molar-refractivity contribution in [1.82, 2.24) is 9.55 Å². The van der Waals surface area contributed by atoms with Crippen molar-refractivity contribution in [2.24, 2.45) is 0 Å². The van der Waals surface area contributed by atoms with Crippen molar-refractivity contribution in [1.29, 1.82) is 0 Å². The SMILES string of the molecule is Fc1ccc2nc(CCCl)n(C3CCCSC3)c2c1. The number of alkyl halides is 1. The highest BCUT2D eigenvalue weighted by Crippen LogP contribution is 2.31. The van der Waals surface area contributed by atoms with Crippen LogP contribution in [0.2, 0.25) is 0 Å². The standard InChI is InChI=1S/C14H16ClFN2S/c15-6-5-14-17-12-4-3-10(16)8-13(12)18(14)11-2-1-7-19-9-11/h3-4,8,11H,1-2,5-7,9H2. The lowest BCUT2D eigenvalue weighted by Crippen LogP contribution is -2.18. The second kappa shape index (κ2) is 5.71. The van der Waals surface area contributed by atoms with Crippen molar-refractivity contribution in [3.05, 3.63) is 29.8 Å². The predicted molar refractivity (Wildman–Crippen MR) is 79.7 cm³/mol. The van der Waals surface area contributed by atoms with Crippen molar-refractivity contribution in [2.45, 2.75) is 25.3 Å². The number of hydrogen-bond donors (Lipinski definition) is 0. The van der Waals surface area contributed by atoms with Crippen LogP contribution in [0.3, 0.4) is 0 Å². The van der Waals surface area contributed by atoms with Crippen molar-refractivity contribution in [3.63, 3.8) is 0 Å². The summed E-state index contributed by atoms with van der Waals surface area (Å²) in [5, 5.41) is 0. The van der Waals surface area contributed by atoms with Gasteiger partial charge in [0.25, 0.3) is 0 Å². The molecule has 3 rings (SSSR count). The van der Waals surface area contributed by atoms with Crippen LogP contribution in [0.4, 0.5) is 4.39 Å². The maximum absolute atomic E-state index is 13.5. The molecule has 0 bridgehead atoms. The second-order valence-electron chi connectivity index (χ2n) is 4.84. The van der Waals surface area contributed by atoms with Gasteiger partial charge in [-0.1, -0.05) is 0 Å². The number of nitrogens with zero attached hydrogens (tertiary/aromatic N) is 2. The third-order valence-corrected chi connectivity index (χ3v) is 4.93. The molecule has 0 saturated carbocycles. The van der Waals surface area contributed by atoms with Crippen molar-refractivity contribution >= 4 is 34.4 Å². The Morgan fingerprint density at radius 1 is 1.47 bits per heavy atom. The highest BCUT2D eigenvalue weighted by atomic mass is 35.5. The summed E-state index contributed by atoms with van der Waals surface area (Å²) in [6, 6.07) is 5.25. The maximum atomic E-state index is 13.5. The molecular formula is C14H16ClFN2S. The molecule has 1 atom stereocenters. The third kappa shape index (κ3) is 2.61. The lowest BCUT2D eigenvalue weighted by Gasteiger charge is -2.25. The zero-order chi connectivity index (χ0) is 13.2. The molecule has 0 amide bonds. The molecule has 2 heterocycles. The molecule has 102 valence electrons. The third-order valence-electron chi connectivity index (χ3n) is 3.54. The number of benzene rings is 1. The summed E-state index contributed by atoms with van der Waals surface area (Å²) in [7, 11) is 0. The van der Waals surface area contributed by atoms with Gasteiger partial charge in [-0.25, -0.2) is 9.37 Å². The minimum Gasteiger partial charge on any atom is -0.324 e. The Kier molecular flexibility index (Phi) is 3.99. The van der Waals surface area contributed by atoms with Crippen LogP contribution in [0.25, 0.3) is 11.0 Å². The van der Waals surface area contributed by atoms with Gasteiger partial charge < -0.3 is 4.57 Å². The molecule has 2 aromatic rings. The van der Waals surface area contributed by atoms with Crippen LogP contribution in [-0.4, -0.2) is 26.9 Å². The number of rotatable bonds is 3. The van der Waals surface area contributed by atoms with Crippen molar-refractivity contribution in [2.75, 3.05) is 17.4 Å². The van der Waals surface area contributed by atoms with Crippen molar-refractivity contribution in [3.8, 4) is 0 Å². The Labute approximate surface area is 121 Å². The monoisotopic (exact) mass is 298 g/mol. The molecule has 1 saturated heterocycles. The first-order chi connectivity index (χ1) is 9.29. The van der Waals surface area contributed by atoms with Gasteiger partial charge in [-0.15, -0.1) is 11.6 Å². The summed E-state index contributed by atoms with van der Waals surface area (Å²) in [5.74, 6) is 3.64. The van der Waals surface area contributed by atoms with E-state index >= 15 is 0 Å². The summed E-state index contributed by atoms with van der Waals surface area (Å²) in [5.41, 5.74) is 1.78. The largest absolute Gasteiger partial charge is 0.324 e. The molecule has 1 aliphatic heterocycles. The van der Waals surface area contributed by atoms with Crippen LogP contribution in [-0.2, 0) is 6.42 Å². The Morgan fingerprint density at radius 3 is 3.11 bits per heavy atom. The molecular weight excluding hydrogens is 283 g/mol. The van der Waals surface area contributed by atoms with Gasteiger partial charge in [-0.3, -0.25) is 0 Å². The molecule has 5 heteroatoms. The zero-order valence-corrected chi connectivity index (χ0v) is 12.2. The first-order valence-corrected chi connectivity index (χ1v) is 8.28. The van der Waals surface area contributed by atoms with Gasteiger partial charge in [0.15, 0.2) is 0 Å². The quantitative estimate of drug-likeness (QED) is 0.796. The molecule has 0 N–H and O–H groups in total. The van der Waals surface area contributed by atoms with Gasteiger partial charge in [0, 0.05) is 24.1 Å². The van der Waals surface area contributed by atoms with Crippen LogP contribution >= 0.6 is 23.4 Å². The highest BCUT2D eigenvalue weighted by Gasteiger charge is 2.21. The van der Waals surface area contributed by atoms with E-state index in [0.29, 0.717) is 11.9 Å². The molecule has 0 aliphatic carbocycles. The number of aryl methyl sites for hydroxylation is 1. The fourth-order valence-electron chi connectivity index (χ4n) is 2.71. The Bertz CT molecular complexity index is 578. The lowest BCUT2D eigenvalue weighted by atomic mass is 10.1. The minimum absolute atomic E-state index is 0.200. The number of fused-ring (bicyclic) bond motifs is 1. The first-order valence-electron chi connectivity index (χ1n) is 6.59. The molecule has 1 unspecified atom stereocenters. The van der Waals surface area contributed by atoms with E-state index in [-0.39, 0.29) is 5.82 Å². The number of imidazole rings is 1. The topological polar surface area (TPSA) is 17.8 Å². The molecule has 1 aromatic carbocycles. The molecule has 1 fully saturated rings. The Balaban J connectivity index is 2.11. The van der Waals surface area contributed by atoms with Gasteiger partial charge in [0.1, 0.15) is 11.6 Å². The van der Waals surface area contributed by atoms with Gasteiger partial charge >= 0.3 is 0 Å². The average molecular weight is 299 g/mol. The van der Waals surface area contributed by atoms with Gasteiger partial charge in [-0.2, -0.15) is 11.8 Å². The van der Waals surface area contributed by atoms with Gasteiger partial charge in [0.2, 0.25) is 0 Å². The van der Waals surface area contributed by atoms with Crippen LogP contribution in [0.1, 0.15) is 24.7 Å². The lowest BCUT2D eigenvalue weighted by molar-refractivity contribution is 0.495. The molecule has 0 spiro atoms. The summed E-state index contributed by atoms with van der Waals surface area (Å²) in [4.78, 5) is 4.62. The molecule has 19 heavy (non-hydrogen) atoms. The molecule has 0 radical (unpaired) electrons. The maximum Gasteiger partial charge on any atom is 0.125 e. The van der Waals surface area contributed by atoms with E-state index in [2.05, 4.69) is 9.55 Å².